The average Bonchev–Trinajstić information content (AvgIpc) is 3.37. The Labute approximate surface area is 204 Å². The number of anilines is 1. The van der Waals surface area contributed by atoms with Crippen molar-refractivity contribution in [3.8, 4) is 0 Å². The largest absolute Gasteiger partial charge is 0.357 e. The Kier molecular flexibility index (Phi) is 5.31. The number of aryl methyl sites for hydroxylation is 1. The third-order valence-corrected chi connectivity index (χ3v) is 7.45. The van der Waals surface area contributed by atoms with Gasteiger partial charge < -0.3 is 20.5 Å². The predicted octanol–water partition coefficient (Wildman–Crippen LogP) is 2.83. The minimum atomic E-state index is -3.13. The van der Waals surface area contributed by atoms with Crippen LogP contribution in [0.25, 0.3) is 0 Å². The first-order chi connectivity index (χ1) is 16.9. The highest BCUT2D eigenvalue weighted by Gasteiger charge is 2.62. The van der Waals surface area contributed by atoms with Crippen LogP contribution in [0.1, 0.15) is 62.8 Å². The van der Waals surface area contributed by atoms with Gasteiger partial charge in [-0.05, 0) is 49.4 Å². The maximum absolute atomic E-state index is 14.0. The molecular weight excluding hydrogens is 477 g/mol. The number of Topliss-reactive ketones (excluding diaryl/α,β-unsaturated/α-hetero) is 1. The molecule has 5 rings (SSSR count). The van der Waals surface area contributed by atoms with Gasteiger partial charge in [0.2, 0.25) is 5.91 Å². The number of likely N-dealkylation sites (N-methyl/N-ethyl adjacent to an activating group) is 1. The minimum Gasteiger partial charge on any atom is -0.357 e. The number of rotatable bonds is 6. The molecule has 1 aromatic heterocycles. The van der Waals surface area contributed by atoms with Crippen molar-refractivity contribution in [1.29, 1.82) is 0 Å². The number of hydrogen-bond donors (Lipinski definition) is 3. The molecule has 36 heavy (non-hydrogen) atoms. The van der Waals surface area contributed by atoms with Gasteiger partial charge in [0.15, 0.2) is 0 Å². The van der Waals surface area contributed by atoms with Crippen molar-refractivity contribution in [1.82, 2.24) is 15.2 Å². The maximum atomic E-state index is 14.0. The van der Waals surface area contributed by atoms with Crippen molar-refractivity contribution in [3.63, 3.8) is 0 Å². The predicted molar refractivity (Wildman–Crippen MR) is 123 cm³/mol. The van der Waals surface area contributed by atoms with E-state index in [9.17, 15) is 32.3 Å². The highest BCUT2D eigenvalue weighted by atomic mass is 19.3. The third-order valence-electron chi connectivity index (χ3n) is 7.45. The number of aromatic nitrogens is 1. The summed E-state index contributed by atoms with van der Waals surface area (Å²) in [5.41, 5.74) is -0.0638. The molecule has 2 heterocycles. The van der Waals surface area contributed by atoms with Crippen LogP contribution in [-0.2, 0) is 16.1 Å². The molecule has 2 saturated carbocycles. The smallest absolute Gasteiger partial charge is 0.294 e. The molecule has 0 radical (unpaired) electrons. The van der Waals surface area contributed by atoms with E-state index in [0.29, 0.717) is 17.8 Å². The van der Waals surface area contributed by atoms with Gasteiger partial charge >= 0.3 is 0 Å². The molecule has 2 aliphatic carbocycles. The number of fused-ring (bicyclic) bond motifs is 3. The summed E-state index contributed by atoms with van der Waals surface area (Å²) in [6.45, 7) is 3.58. The summed E-state index contributed by atoms with van der Waals surface area (Å²) in [5, 5.41) is 7.15. The molecule has 3 N–H and O–H groups in total. The lowest BCUT2D eigenvalue weighted by atomic mass is 9.72. The average molecular weight is 502 g/mol. The summed E-state index contributed by atoms with van der Waals surface area (Å²) in [5.74, 6) is -6.85. The highest BCUT2D eigenvalue weighted by molar-refractivity contribution is 6.43. The molecule has 3 amide bonds. The van der Waals surface area contributed by atoms with Gasteiger partial charge in [0, 0.05) is 43.7 Å². The first kappa shape index (κ1) is 24.1. The first-order valence-corrected chi connectivity index (χ1v) is 11.6. The van der Waals surface area contributed by atoms with Gasteiger partial charge in [0.25, 0.3) is 23.5 Å². The van der Waals surface area contributed by atoms with Gasteiger partial charge in [-0.25, -0.2) is 13.2 Å². The molecule has 2 atom stereocenters. The molecule has 0 saturated heterocycles. The van der Waals surface area contributed by atoms with E-state index in [-0.39, 0.29) is 34.3 Å². The zero-order chi connectivity index (χ0) is 26.2. The van der Waals surface area contributed by atoms with E-state index < -0.39 is 53.6 Å². The number of carbonyl (C=O) groups is 4. The van der Waals surface area contributed by atoms with Gasteiger partial charge in [0.1, 0.15) is 11.4 Å². The van der Waals surface area contributed by atoms with E-state index in [1.165, 1.54) is 19.2 Å². The number of benzene rings is 1. The van der Waals surface area contributed by atoms with Crippen LogP contribution in [0.2, 0.25) is 0 Å². The Morgan fingerprint density at radius 1 is 1.11 bits per heavy atom. The highest BCUT2D eigenvalue weighted by Crippen LogP contribution is 2.56. The molecule has 11 heteroatoms. The van der Waals surface area contributed by atoms with Crippen molar-refractivity contribution in [3.05, 3.63) is 52.1 Å². The van der Waals surface area contributed by atoms with Crippen LogP contribution >= 0.6 is 0 Å². The van der Waals surface area contributed by atoms with Crippen LogP contribution in [0.3, 0.4) is 0 Å². The van der Waals surface area contributed by atoms with E-state index in [0.717, 1.165) is 6.42 Å². The number of ketones is 1. The SMILES string of the molecule is CNC(=O)C1(NC(=O)C(=O)c2c(C)c(C(=O)Nc3ccc(C)c(F)c3)c3n2C[C@@H]2C[C@H]32)CC(F)(F)C1. The lowest BCUT2D eigenvalue weighted by Crippen LogP contribution is -2.69. The molecule has 1 aliphatic heterocycles. The lowest BCUT2D eigenvalue weighted by molar-refractivity contribution is -0.164. The van der Waals surface area contributed by atoms with Crippen LogP contribution < -0.4 is 16.0 Å². The number of carbonyl (C=O) groups excluding carboxylic acids is 4. The van der Waals surface area contributed by atoms with E-state index >= 15 is 0 Å². The van der Waals surface area contributed by atoms with Crippen molar-refractivity contribution in [2.75, 3.05) is 12.4 Å². The molecule has 1 aromatic carbocycles. The zero-order valence-corrected chi connectivity index (χ0v) is 19.9. The molecule has 2 aromatic rings. The summed E-state index contributed by atoms with van der Waals surface area (Å²) < 4.78 is 42.9. The number of alkyl halides is 2. The second-order valence-corrected chi connectivity index (χ2v) is 10.0. The standard InChI is InChI=1S/C25H25F3N4O4/c1-11-4-5-14(7-16(11)26)30-21(34)17-12(2)18(32-8-13-6-15(13)19(17)32)20(33)22(35)31-24(23(36)29-3)9-25(27,28)10-24/h4-5,7,13,15H,6,8-10H2,1-3H3,(H,29,36)(H,30,34)(H,31,35)/t13-,15-/m0/s1. The topological polar surface area (TPSA) is 109 Å². The number of nitrogens with zero attached hydrogens (tertiary/aromatic N) is 1. The summed E-state index contributed by atoms with van der Waals surface area (Å²) in [6, 6.07) is 4.30. The van der Waals surface area contributed by atoms with Gasteiger partial charge in [0.05, 0.1) is 11.3 Å². The molecule has 0 unspecified atom stereocenters. The van der Waals surface area contributed by atoms with Gasteiger partial charge in [-0.1, -0.05) is 6.07 Å². The maximum Gasteiger partial charge on any atom is 0.294 e. The van der Waals surface area contributed by atoms with Crippen LogP contribution in [0, 0.1) is 25.6 Å². The fourth-order valence-corrected chi connectivity index (χ4v) is 5.56. The van der Waals surface area contributed by atoms with Gasteiger partial charge in [-0.15, -0.1) is 0 Å². The van der Waals surface area contributed by atoms with Crippen molar-refractivity contribution in [2.45, 2.75) is 57.0 Å². The molecule has 190 valence electrons. The van der Waals surface area contributed by atoms with Crippen LogP contribution in [0.15, 0.2) is 18.2 Å². The Balaban J connectivity index is 1.45. The lowest BCUT2D eigenvalue weighted by Gasteiger charge is -2.45. The fourth-order valence-electron chi connectivity index (χ4n) is 5.56. The molecule has 0 bridgehead atoms. The van der Waals surface area contributed by atoms with E-state index in [1.807, 2.05) is 0 Å². The van der Waals surface area contributed by atoms with Crippen molar-refractivity contribution >= 4 is 29.2 Å². The number of halogens is 3. The quantitative estimate of drug-likeness (QED) is 0.417. The molecular formula is C25H25F3N4O4. The first-order valence-electron chi connectivity index (χ1n) is 11.6. The number of hydrogen-bond acceptors (Lipinski definition) is 4. The summed E-state index contributed by atoms with van der Waals surface area (Å²) in [7, 11) is 1.26. The zero-order valence-electron chi connectivity index (χ0n) is 19.9. The van der Waals surface area contributed by atoms with Crippen LogP contribution in [-0.4, -0.2) is 46.6 Å². The Morgan fingerprint density at radius 3 is 2.42 bits per heavy atom. The van der Waals surface area contributed by atoms with E-state index in [2.05, 4.69) is 16.0 Å². The Bertz CT molecular complexity index is 1340. The number of amides is 3. The third kappa shape index (κ3) is 3.68. The van der Waals surface area contributed by atoms with E-state index in [4.69, 9.17) is 0 Å². The fraction of sp³-hybridized carbons (Fsp3) is 0.440. The summed E-state index contributed by atoms with van der Waals surface area (Å²) in [6.07, 6.45) is -0.971. The van der Waals surface area contributed by atoms with Crippen LogP contribution in [0.4, 0.5) is 18.9 Å². The Hall–Kier alpha value is -3.63. The minimum absolute atomic E-state index is 0.00641. The van der Waals surface area contributed by atoms with Crippen molar-refractivity contribution in [2.24, 2.45) is 5.92 Å². The monoisotopic (exact) mass is 502 g/mol. The van der Waals surface area contributed by atoms with Crippen LogP contribution in [0.5, 0.6) is 0 Å². The molecule has 8 nitrogen and oxygen atoms in total. The van der Waals surface area contributed by atoms with Crippen molar-refractivity contribution < 1.29 is 32.3 Å². The number of nitrogens with one attached hydrogen (secondary N) is 3. The normalized spacial score (nSPS) is 22.1. The second-order valence-electron chi connectivity index (χ2n) is 10.0. The summed E-state index contributed by atoms with van der Waals surface area (Å²) >= 11 is 0. The van der Waals surface area contributed by atoms with Gasteiger partial charge in [-0.2, -0.15) is 0 Å². The Morgan fingerprint density at radius 2 is 1.81 bits per heavy atom. The second kappa shape index (κ2) is 7.94. The molecule has 3 aliphatic rings. The van der Waals surface area contributed by atoms with E-state index in [1.54, 1.807) is 24.5 Å². The molecule has 0 spiro atoms. The van der Waals surface area contributed by atoms with Gasteiger partial charge in [-0.3, -0.25) is 19.2 Å². The molecule has 2 fully saturated rings. The summed E-state index contributed by atoms with van der Waals surface area (Å²) in [4.78, 5) is 51.7.